The predicted molar refractivity (Wildman–Crippen MR) is 102 cm³/mol. The summed E-state index contributed by atoms with van der Waals surface area (Å²) in [6.07, 6.45) is 6.17. The summed E-state index contributed by atoms with van der Waals surface area (Å²) in [6.45, 7) is 2.34. The number of ether oxygens (including phenoxy) is 1. The van der Waals surface area contributed by atoms with Gasteiger partial charge in [-0.3, -0.25) is 4.79 Å². The standard InChI is InChI=1S/C21H23N3O2/c25-20(22-12-15-6-8-26-9-7-15)11-18-14-24-21-19(18)10-17(13-23-21)16-4-2-1-3-5-16/h1-5,10,13-15H,6-9,11-12H2,(H,22,25)(H,23,24). The van der Waals surface area contributed by atoms with Gasteiger partial charge >= 0.3 is 0 Å². The summed E-state index contributed by atoms with van der Waals surface area (Å²) in [5.41, 5.74) is 3.98. The third kappa shape index (κ3) is 3.78. The average Bonchev–Trinajstić information content (AvgIpc) is 3.10. The van der Waals surface area contributed by atoms with Crippen molar-refractivity contribution in [3.63, 3.8) is 0 Å². The van der Waals surface area contributed by atoms with Crippen LogP contribution in [-0.2, 0) is 16.0 Å². The lowest BCUT2D eigenvalue weighted by Crippen LogP contribution is -2.33. The van der Waals surface area contributed by atoms with Crippen LogP contribution >= 0.6 is 0 Å². The van der Waals surface area contributed by atoms with Crippen molar-refractivity contribution in [1.82, 2.24) is 15.3 Å². The Morgan fingerprint density at radius 2 is 2.00 bits per heavy atom. The number of hydrogen-bond donors (Lipinski definition) is 2. The van der Waals surface area contributed by atoms with Crippen molar-refractivity contribution in [2.45, 2.75) is 19.3 Å². The van der Waals surface area contributed by atoms with Gasteiger partial charge in [-0.1, -0.05) is 30.3 Å². The highest BCUT2D eigenvalue weighted by Gasteiger charge is 2.16. The second-order valence-electron chi connectivity index (χ2n) is 6.84. The van der Waals surface area contributed by atoms with E-state index in [9.17, 15) is 4.79 Å². The average molecular weight is 349 g/mol. The Balaban J connectivity index is 1.46. The largest absolute Gasteiger partial charge is 0.381 e. The Bertz CT molecular complexity index is 883. The normalized spacial score (nSPS) is 15.2. The molecule has 4 rings (SSSR count). The highest BCUT2D eigenvalue weighted by atomic mass is 16.5. The highest BCUT2D eigenvalue weighted by Crippen LogP contribution is 2.25. The van der Waals surface area contributed by atoms with Crippen LogP contribution in [0.3, 0.4) is 0 Å². The Labute approximate surface area is 152 Å². The van der Waals surface area contributed by atoms with Gasteiger partial charge in [-0.15, -0.1) is 0 Å². The maximum atomic E-state index is 12.4. The molecule has 3 aromatic rings. The van der Waals surface area contributed by atoms with E-state index in [-0.39, 0.29) is 5.91 Å². The van der Waals surface area contributed by atoms with Crippen LogP contribution in [0.2, 0.25) is 0 Å². The van der Waals surface area contributed by atoms with Crippen LogP contribution in [0.25, 0.3) is 22.2 Å². The molecule has 0 spiro atoms. The number of carbonyl (C=O) groups excluding carboxylic acids is 1. The molecule has 5 nitrogen and oxygen atoms in total. The van der Waals surface area contributed by atoms with E-state index in [2.05, 4.69) is 33.5 Å². The molecule has 0 atom stereocenters. The van der Waals surface area contributed by atoms with Gasteiger partial charge in [-0.25, -0.2) is 4.98 Å². The molecule has 1 aliphatic rings. The minimum Gasteiger partial charge on any atom is -0.381 e. The molecule has 5 heteroatoms. The van der Waals surface area contributed by atoms with Gasteiger partial charge in [-0.2, -0.15) is 0 Å². The van der Waals surface area contributed by atoms with Crippen molar-refractivity contribution in [3.8, 4) is 11.1 Å². The Hall–Kier alpha value is -2.66. The molecule has 1 aromatic carbocycles. The van der Waals surface area contributed by atoms with Crippen LogP contribution in [0.4, 0.5) is 0 Å². The number of fused-ring (bicyclic) bond motifs is 1. The zero-order valence-electron chi connectivity index (χ0n) is 14.7. The molecule has 0 unspecified atom stereocenters. The summed E-state index contributed by atoms with van der Waals surface area (Å²) in [5.74, 6) is 0.588. The summed E-state index contributed by atoms with van der Waals surface area (Å²) in [7, 11) is 0. The van der Waals surface area contributed by atoms with Gasteiger partial charge in [0.25, 0.3) is 0 Å². The van der Waals surface area contributed by atoms with Crippen LogP contribution in [0.1, 0.15) is 18.4 Å². The van der Waals surface area contributed by atoms with E-state index in [1.54, 1.807) is 0 Å². The summed E-state index contributed by atoms with van der Waals surface area (Å²) in [5, 5.41) is 4.08. The van der Waals surface area contributed by atoms with Crippen molar-refractivity contribution in [2.24, 2.45) is 5.92 Å². The zero-order chi connectivity index (χ0) is 17.8. The van der Waals surface area contributed by atoms with Gasteiger partial charge in [0.05, 0.1) is 6.42 Å². The van der Waals surface area contributed by atoms with Gasteiger partial charge in [0.2, 0.25) is 5.91 Å². The number of H-pyrrole nitrogens is 1. The monoisotopic (exact) mass is 349 g/mol. The van der Waals surface area contributed by atoms with E-state index in [1.165, 1.54) is 0 Å². The minimum atomic E-state index is 0.0579. The molecule has 1 aliphatic heterocycles. The Kier molecular flexibility index (Phi) is 4.97. The molecule has 2 aromatic heterocycles. The van der Waals surface area contributed by atoms with Crippen LogP contribution in [0.15, 0.2) is 48.8 Å². The van der Waals surface area contributed by atoms with E-state index in [0.29, 0.717) is 12.3 Å². The van der Waals surface area contributed by atoms with Crippen LogP contribution in [0.5, 0.6) is 0 Å². The van der Waals surface area contributed by atoms with E-state index in [4.69, 9.17) is 4.74 Å². The summed E-state index contributed by atoms with van der Waals surface area (Å²) in [6, 6.07) is 12.3. The first-order valence-corrected chi connectivity index (χ1v) is 9.15. The lowest BCUT2D eigenvalue weighted by molar-refractivity contribution is -0.120. The molecular formula is C21H23N3O2. The second kappa shape index (κ2) is 7.70. The molecule has 0 radical (unpaired) electrons. The van der Waals surface area contributed by atoms with Crippen molar-refractivity contribution in [3.05, 3.63) is 54.4 Å². The lowest BCUT2D eigenvalue weighted by Gasteiger charge is -2.22. The number of hydrogen-bond acceptors (Lipinski definition) is 3. The van der Waals surface area contributed by atoms with E-state index in [1.807, 2.05) is 30.6 Å². The third-order valence-electron chi connectivity index (χ3n) is 5.00. The van der Waals surface area contributed by atoms with E-state index >= 15 is 0 Å². The fraction of sp³-hybridized carbons (Fsp3) is 0.333. The summed E-state index contributed by atoms with van der Waals surface area (Å²) in [4.78, 5) is 20.0. The fourth-order valence-corrected chi connectivity index (χ4v) is 3.44. The second-order valence-corrected chi connectivity index (χ2v) is 6.84. The van der Waals surface area contributed by atoms with Crippen LogP contribution in [0, 0.1) is 5.92 Å². The maximum Gasteiger partial charge on any atom is 0.224 e. The van der Waals surface area contributed by atoms with Crippen LogP contribution < -0.4 is 5.32 Å². The molecule has 1 amide bonds. The van der Waals surface area contributed by atoms with Gasteiger partial charge < -0.3 is 15.0 Å². The first kappa shape index (κ1) is 16.8. The van der Waals surface area contributed by atoms with Crippen molar-refractivity contribution in [2.75, 3.05) is 19.8 Å². The number of amides is 1. The Morgan fingerprint density at radius 1 is 1.19 bits per heavy atom. The predicted octanol–water partition coefficient (Wildman–Crippen LogP) is 3.32. The number of nitrogens with one attached hydrogen (secondary N) is 2. The van der Waals surface area contributed by atoms with E-state index in [0.717, 1.165) is 60.3 Å². The van der Waals surface area contributed by atoms with Crippen molar-refractivity contribution >= 4 is 16.9 Å². The molecule has 1 saturated heterocycles. The zero-order valence-corrected chi connectivity index (χ0v) is 14.7. The molecule has 1 fully saturated rings. The molecule has 0 saturated carbocycles. The number of aromatic nitrogens is 2. The SMILES string of the molecule is O=C(Cc1c[nH]c2ncc(-c3ccccc3)cc12)NCC1CCOCC1. The van der Waals surface area contributed by atoms with Gasteiger partial charge in [0.15, 0.2) is 0 Å². The summed E-state index contributed by atoms with van der Waals surface area (Å²) >= 11 is 0. The maximum absolute atomic E-state index is 12.4. The first-order chi connectivity index (χ1) is 12.8. The Morgan fingerprint density at radius 3 is 2.81 bits per heavy atom. The molecule has 3 heterocycles. The lowest BCUT2D eigenvalue weighted by atomic mass is 10.0. The van der Waals surface area contributed by atoms with Crippen molar-refractivity contribution < 1.29 is 9.53 Å². The molecule has 0 aliphatic carbocycles. The third-order valence-corrected chi connectivity index (χ3v) is 5.00. The number of rotatable bonds is 5. The van der Waals surface area contributed by atoms with Gasteiger partial charge in [-0.05, 0) is 36.0 Å². The first-order valence-electron chi connectivity index (χ1n) is 9.15. The molecule has 26 heavy (non-hydrogen) atoms. The highest BCUT2D eigenvalue weighted by molar-refractivity contribution is 5.89. The number of aromatic amines is 1. The van der Waals surface area contributed by atoms with Crippen LogP contribution in [-0.4, -0.2) is 35.6 Å². The summed E-state index contributed by atoms with van der Waals surface area (Å²) < 4.78 is 5.36. The van der Waals surface area contributed by atoms with Gasteiger partial charge in [0, 0.05) is 43.1 Å². The molecular weight excluding hydrogens is 326 g/mol. The fourth-order valence-electron chi connectivity index (χ4n) is 3.44. The molecule has 0 bridgehead atoms. The topological polar surface area (TPSA) is 67.0 Å². The quantitative estimate of drug-likeness (QED) is 0.742. The van der Waals surface area contributed by atoms with E-state index < -0.39 is 0 Å². The number of carbonyl (C=O) groups is 1. The number of benzene rings is 1. The molecule has 2 N–H and O–H groups in total. The number of nitrogens with zero attached hydrogens (tertiary/aromatic N) is 1. The minimum absolute atomic E-state index is 0.0579. The smallest absolute Gasteiger partial charge is 0.224 e. The van der Waals surface area contributed by atoms with Gasteiger partial charge in [0.1, 0.15) is 5.65 Å². The van der Waals surface area contributed by atoms with Crippen molar-refractivity contribution in [1.29, 1.82) is 0 Å². The number of pyridine rings is 1. The molecule has 134 valence electrons.